The predicted molar refractivity (Wildman–Crippen MR) is 67.7 cm³/mol. The molecule has 88 valence electrons. The van der Waals surface area contributed by atoms with Gasteiger partial charge in [-0.2, -0.15) is 11.8 Å². The third-order valence-electron chi connectivity index (χ3n) is 2.38. The van der Waals surface area contributed by atoms with Gasteiger partial charge in [0.1, 0.15) is 6.04 Å². The molecule has 0 saturated heterocycles. The molecule has 0 aliphatic heterocycles. The second-order valence-corrected chi connectivity index (χ2v) is 4.92. The molecule has 16 heavy (non-hydrogen) atoms. The van der Waals surface area contributed by atoms with Crippen LogP contribution in [0.1, 0.15) is 16.7 Å². The van der Waals surface area contributed by atoms with Gasteiger partial charge in [0.25, 0.3) is 0 Å². The molecule has 0 heterocycles. The molecule has 0 saturated carbocycles. The number of hydrogen-bond donors (Lipinski definition) is 2. The number of hydrogen-bond acceptors (Lipinski definition) is 3. The van der Waals surface area contributed by atoms with E-state index in [0.717, 1.165) is 5.75 Å². The zero-order valence-corrected chi connectivity index (χ0v) is 10.4. The minimum absolute atomic E-state index is 0.447. The fraction of sp³-hybridized carbons (Fsp3) is 0.417. The lowest BCUT2D eigenvalue weighted by molar-refractivity contribution is -0.137. The highest BCUT2D eigenvalue weighted by Crippen LogP contribution is 2.18. The van der Waals surface area contributed by atoms with Crippen molar-refractivity contribution in [1.82, 2.24) is 0 Å². The molecule has 0 aliphatic rings. The van der Waals surface area contributed by atoms with Crippen LogP contribution in [0.3, 0.4) is 0 Å². The van der Waals surface area contributed by atoms with E-state index in [9.17, 15) is 4.79 Å². The highest BCUT2D eigenvalue weighted by Gasteiger charge is 2.11. The Morgan fingerprint density at radius 1 is 1.50 bits per heavy atom. The minimum Gasteiger partial charge on any atom is -0.480 e. The molecular formula is C12H17NO2S. The van der Waals surface area contributed by atoms with E-state index in [1.807, 2.05) is 0 Å². The molecule has 0 aromatic heterocycles. The average molecular weight is 239 g/mol. The summed E-state index contributed by atoms with van der Waals surface area (Å²) in [4.78, 5) is 10.5. The number of carbonyl (C=O) groups is 1. The van der Waals surface area contributed by atoms with E-state index in [1.54, 1.807) is 11.8 Å². The third-order valence-corrected chi connectivity index (χ3v) is 3.49. The van der Waals surface area contributed by atoms with Crippen LogP contribution >= 0.6 is 11.8 Å². The zero-order chi connectivity index (χ0) is 12.1. The molecule has 0 amide bonds. The summed E-state index contributed by atoms with van der Waals surface area (Å²) in [5.74, 6) is 0.325. The van der Waals surface area contributed by atoms with Crippen molar-refractivity contribution >= 4 is 17.7 Å². The van der Waals surface area contributed by atoms with Crippen LogP contribution in [0.5, 0.6) is 0 Å². The quantitative estimate of drug-likeness (QED) is 0.824. The van der Waals surface area contributed by atoms with Gasteiger partial charge in [-0.05, 0) is 25.0 Å². The van der Waals surface area contributed by atoms with Gasteiger partial charge in [0.15, 0.2) is 0 Å². The SMILES string of the molecule is Cc1ccc(C)c(CSC[C@@H](N)C(=O)O)c1. The molecule has 1 aromatic carbocycles. The Bertz CT molecular complexity index is 379. The van der Waals surface area contributed by atoms with Crippen LogP contribution in [-0.2, 0) is 10.5 Å². The van der Waals surface area contributed by atoms with E-state index < -0.39 is 12.0 Å². The van der Waals surface area contributed by atoms with Gasteiger partial charge in [0, 0.05) is 11.5 Å². The maximum Gasteiger partial charge on any atom is 0.321 e. The first-order chi connectivity index (χ1) is 7.50. The maximum absolute atomic E-state index is 10.5. The number of aliphatic carboxylic acids is 1. The molecule has 0 fully saturated rings. The molecule has 4 heteroatoms. The van der Waals surface area contributed by atoms with Crippen molar-refractivity contribution in [2.45, 2.75) is 25.6 Å². The largest absolute Gasteiger partial charge is 0.480 e. The summed E-state index contributed by atoms with van der Waals surface area (Å²) >= 11 is 1.56. The van der Waals surface area contributed by atoms with E-state index in [4.69, 9.17) is 10.8 Å². The Morgan fingerprint density at radius 2 is 2.19 bits per heavy atom. The van der Waals surface area contributed by atoms with Crippen molar-refractivity contribution in [2.75, 3.05) is 5.75 Å². The Balaban J connectivity index is 2.48. The van der Waals surface area contributed by atoms with E-state index in [-0.39, 0.29) is 0 Å². The molecule has 1 atom stereocenters. The van der Waals surface area contributed by atoms with Crippen LogP contribution in [0, 0.1) is 13.8 Å². The van der Waals surface area contributed by atoms with Gasteiger partial charge in [0.05, 0.1) is 0 Å². The van der Waals surface area contributed by atoms with Crippen LogP contribution in [0.4, 0.5) is 0 Å². The number of carboxylic acids is 1. The molecule has 0 bridgehead atoms. The maximum atomic E-state index is 10.5. The van der Waals surface area contributed by atoms with Crippen molar-refractivity contribution in [3.05, 3.63) is 34.9 Å². The van der Waals surface area contributed by atoms with Crippen molar-refractivity contribution in [3.8, 4) is 0 Å². The summed E-state index contributed by atoms with van der Waals surface area (Å²) < 4.78 is 0. The van der Waals surface area contributed by atoms with Crippen LogP contribution in [0.15, 0.2) is 18.2 Å². The van der Waals surface area contributed by atoms with Gasteiger partial charge < -0.3 is 10.8 Å². The van der Waals surface area contributed by atoms with Gasteiger partial charge in [-0.15, -0.1) is 0 Å². The Labute approximate surface area is 100 Å². The van der Waals surface area contributed by atoms with E-state index >= 15 is 0 Å². The summed E-state index contributed by atoms with van der Waals surface area (Å²) in [5, 5.41) is 8.64. The molecule has 3 nitrogen and oxygen atoms in total. The molecular weight excluding hydrogens is 222 g/mol. The number of nitrogens with two attached hydrogens (primary N) is 1. The lowest BCUT2D eigenvalue weighted by atomic mass is 10.1. The van der Waals surface area contributed by atoms with Crippen LogP contribution in [0.2, 0.25) is 0 Å². The smallest absolute Gasteiger partial charge is 0.321 e. The predicted octanol–water partition coefficient (Wildman–Crippen LogP) is 1.95. The summed E-state index contributed by atoms with van der Waals surface area (Å²) in [7, 11) is 0. The minimum atomic E-state index is -0.937. The first-order valence-corrected chi connectivity index (χ1v) is 6.28. The number of aryl methyl sites for hydroxylation is 2. The summed E-state index contributed by atoms with van der Waals surface area (Å²) in [6, 6.07) is 5.53. The molecule has 0 unspecified atom stereocenters. The Hall–Kier alpha value is -1.00. The number of thioether (sulfide) groups is 1. The van der Waals surface area contributed by atoms with Gasteiger partial charge in [-0.1, -0.05) is 23.8 Å². The van der Waals surface area contributed by atoms with Gasteiger partial charge in [0.2, 0.25) is 0 Å². The first kappa shape index (κ1) is 13.1. The molecule has 1 rings (SSSR count). The van der Waals surface area contributed by atoms with Crippen LogP contribution < -0.4 is 5.73 Å². The summed E-state index contributed by atoms with van der Waals surface area (Å²) in [5.41, 5.74) is 9.14. The molecule has 3 N–H and O–H groups in total. The standard InChI is InChI=1S/C12H17NO2S/c1-8-3-4-9(2)10(5-8)6-16-7-11(13)12(14)15/h3-5,11H,6-7,13H2,1-2H3,(H,14,15)/t11-/m1/s1. The highest BCUT2D eigenvalue weighted by molar-refractivity contribution is 7.98. The highest BCUT2D eigenvalue weighted by atomic mass is 32.2. The van der Waals surface area contributed by atoms with Crippen molar-refractivity contribution < 1.29 is 9.90 Å². The lowest BCUT2D eigenvalue weighted by Gasteiger charge is -2.08. The molecule has 0 aliphatic carbocycles. The van der Waals surface area contributed by atoms with Crippen LogP contribution in [-0.4, -0.2) is 22.9 Å². The molecule has 1 aromatic rings. The second-order valence-electron chi connectivity index (χ2n) is 3.89. The first-order valence-electron chi connectivity index (χ1n) is 5.13. The summed E-state index contributed by atoms with van der Waals surface area (Å²) in [6.45, 7) is 4.11. The lowest BCUT2D eigenvalue weighted by Crippen LogP contribution is -2.32. The second kappa shape index (κ2) is 5.92. The van der Waals surface area contributed by atoms with Crippen LogP contribution in [0.25, 0.3) is 0 Å². The fourth-order valence-corrected chi connectivity index (χ4v) is 2.37. The Morgan fingerprint density at radius 3 is 2.81 bits per heavy atom. The normalized spacial score (nSPS) is 12.4. The molecule has 0 spiro atoms. The summed E-state index contributed by atoms with van der Waals surface area (Å²) in [6.07, 6.45) is 0. The van der Waals surface area contributed by atoms with E-state index in [0.29, 0.717) is 5.75 Å². The average Bonchev–Trinajstić information content (AvgIpc) is 2.22. The number of benzene rings is 1. The monoisotopic (exact) mass is 239 g/mol. The fourth-order valence-electron chi connectivity index (χ4n) is 1.32. The van der Waals surface area contributed by atoms with E-state index in [2.05, 4.69) is 32.0 Å². The number of rotatable bonds is 5. The van der Waals surface area contributed by atoms with Crippen molar-refractivity contribution in [3.63, 3.8) is 0 Å². The molecule has 0 radical (unpaired) electrons. The van der Waals surface area contributed by atoms with Gasteiger partial charge in [-0.3, -0.25) is 4.79 Å². The van der Waals surface area contributed by atoms with E-state index in [1.165, 1.54) is 16.7 Å². The van der Waals surface area contributed by atoms with Crippen molar-refractivity contribution in [2.24, 2.45) is 5.73 Å². The van der Waals surface area contributed by atoms with Gasteiger partial charge in [-0.25, -0.2) is 0 Å². The third kappa shape index (κ3) is 3.87. The van der Waals surface area contributed by atoms with Gasteiger partial charge >= 0.3 is 5.97 Å². The zero-order valence-electron chi connectivity index (χ0n) is 9.56. The topological polar surface area (TPSA) is 63.3 Å². The van der Waals surface area contributed by atoms with Crippen molar-refractivity contribution in [1.29, 1.82) is 0 Å². The Kier molecular flexibility index (Phi) is 4.83. The number of carboxylic acid groups (broad SMARTS) is 1.